The van der Waals surface area contributed by atoms with Gasteiger partial charge in [-0.15, -0.1) is 0 Å². The van der Waals surface area contributed by atoms with Crippen LogP contribution >= 0.6 is 46.2 Å². The zero-order chi connectivity index (χ0) is 25.3. The van der Waals surface area contributed by atoms with Crippen molar-refractivity contribution in [3.05, 3.63) is 45.0 Å². The SMILES string of the molecule is CC(=O)N=c1sc2nn1Cc1ccc(cc1)Cn1nc(sc1=NC(C)=O)SCCOCCOCCS2. The number of nitrogens with zero attached hydrogens (tertiary/aromatic N) is 6. The topological polar surface area (TPSA) is 113 Å². The number of benzene rings is 1. The molecule has 5 rings (SSSR count). The number of carbonyl (C=O) groups excluding carboxylic acids is 2. The summed E-state index contributed by atoms with van der Waals surface area (Å²) in [6.45, 7) is 6.04. The van der Waals surface area contributed by atoms with E-state index in [4.69, 9.17) is 9.47 Å². The van der Waals surface area contributed by atoms with Crippen LogP contribution in [0.15, 0.2) is 42.9 Å². The molecule has 0 saturated carbocycles. The van der Waals surface area contributed by atoms with Gasteiger partial charge in [-0.05, 0) is 11.1 Å². The summed E-state index contributed by atoms with van der Waals surface area (Å²) in [5.74, 6) is 0.971. The smallest absolute Gasteiger partial charge is 0.245 e. The van der Waals surface area contributed by atoms with E-state index in [2.05, 4.69) is 20.2 Å². The summed E-state index contributed by atoms with van der Waals surface area (Å²) in [6.07, 6.45) is 0. The molecule has 3 aromatic rings. The molecule has 2 aliphatic heterocycles. The third-order valence-electron chi connectivity index (χ3n) is 4.68. The molecule has 2 aliphatic rings. The van der Waals surface area contributed by atoms with E-state index in [0.717, 1.165) is 31.3 Å². The second kappa shape index (κ2) is 13.4. The van der Waals surface area contributed by atoms with E-state index in [1.165, 1.54) is 36.5 Å². The van der Waals surface area contributed by atoms with Crippen LogP contribution in [0.1, 0.15) is 25.0 Å². The minimum atomic E-state index is -0.260. The van der Waals surface area contributed by atoms with Gasteiger partial charge in [-0.2, -0.15) is 20.2 Å². The molecule has 0 N–H and O–H groups in total. The molecule has 0 atom stereocenters. The summed E-state index contributed by atoms with van der Waals surface area (Å²) in [5.41, 5.74) is 2.06. The molecule has 4 heterocycles. The average molecular weight is 567 g/mol. The zero-order valence-corrected chi connectivity index (χ0v) is 23.2. The third kappa shape index (κ3) is 8.21. The molecule has 0 aliphatic carbocycles. The summed E-state index contributed by atoms with van der Waals surface area (Å²) in [5, 5.41) is 9.32. The summed E-state index contributed by atoms with van der Waals surface area (Å²) in [6, 6.07) is 8.09. The predicted octanol–water partition coefficient (Wildman–Crippen LogP) is 2.42. The second-order valence-electron chi connectivity index (χ2n) is 7.62. The van der Waals surface area contributed by atoms with Gasteiger partial charge in [0.25, 0.3) is 0 Å². The quantitative estimate of drug-likeness (QED) is 0.408. The summed E-state index contributed by atoms with van der Waals surface area (Å²) in [7, 11) is 0. The Morgan fingerprint density at radius 1 is 0.750 bits per heavy atom. The number of hydrogen-bond acceptors (Lipinski definition) is 10. The molecule has 0 unspecified atom stereocenters. The summed E-state index contributed by atoms with van der Waals surface area (Å²) in [4.78, 5) is 32.7. The van der Waals surface area contributed by atoms with Crippen molar-refractivity contribution in [3.63, 3.8) is 0 Å². The van der Waals surface area contributed by atoms with Gasteiger partial charge >= 0.3 is 0 Å². The highest BCUT2D eigenvalue weighted by Crippen LogP contribution is 2.19. The van der Waals surface area contributed by atoms with Gasteiger partial charge in [0.15, 0.2) is 8.68 Å². The van der Waals surface area contributed by atoms with Crippen molar-refractivity contribution in [2.24, 2.45) is 9.98 Å². The first kappa shape index (κ1) is 26.9. The van der Waals surface area contributed by atoms with Crippen LogP contribution in [-0.2, 0) is 32.2 Å². The lowest BCUT2D eigenvalue weighted by Crippen LogP contribution is -2.19. The van der Waals surface area contributed by atoms with Crippen LogP contribution in [0.3, 0.4) is 0 Å². The molecule has 192 valence electrons. The average Bonchev–Trinajstić information content (AvgIpc) is 3.37. The number of rotatable bonds is 0. The first-order chi connectivity index (χ1) is 17.5. The minimum absolute atomic E-state index is 0.260. The Kier molecular flexibility index (Phi) is 10.1. The van der Waals surface area contributed by atoms with Crippen LogP contribution in [0.2, 0.25) is 0 Å². The van der Waals surface area contributed by atoms with Crippen molar-refractivity contribution in [3.8, 4) is 0 Å². The highest BCUT2D eigenvalue weighted by molar-refractivity contribution is 8.01. The van der Waals surface area contributed by atoms with E-state index in [-0.39, 0.29) is 11.8 Å². The van der Waals surface area contributed by atoms with Crippen molar-refractivity contribution in [2.75, 3.05) is 37.9 Å². The van der Waals surface area contributed by atoms with E-state index in [9.17, 15) is 9.59 Å². The molecule has 0 fully saturated rings. The van der Waals surface area contributed by atoms with Gasteiger partial charge in [-0.3, -0.25) is 9.59 Å². The molecule has 1 aromatic carbocycles. The molecule has 14 heteroatoms. The lowest BCUT2D eigenvalue weighted by Gasteiger charge is -2.06. The molecule has 0 spiro atoms. The van der Waals surface area contributed by atoms with Gasteiger partial charge < -0.3 is 9.47 Å². The lowest BCUT2D eigenvalue weighted by atomic mass is 10.1. The van der Waals surface area contributed by atoms with Gasteiger partial charge in [0, 0.05) is 25.4 Å². The second-order valence-corrected chi connectivity index (χ2v) is 12.2. The first-order valence-electron chi connectivity index (χ1n) is 11.2. The van der Waals surface area contributed by atoms with E-state index in [0.29, 0.717) is 49.1 Å². The maximum absolute atomic E-state index is 11.7. The number of amides is 2. The Hall–Kier alpha value is -2.10. The lowest BCUT2D eigenvalue weighted by molar-refractivity contribution is -0.116. The Morgan fingerprint density at radius 2 is 1.17 bits per heavy atom. The van der Waals surface area contributed by atoms with Crippen LogP contribution < -0.4 is 9.60 Å². The number of thioether (sulfide) groups is 2. The standard InChI is InChI=1S/C22H26N6O4S4/c1-15(29)23-19-27-13-17-3-5-18(6-4-17)14-28-20(24-16(2)30)36-22(26-28)34-12-10-32-8-7-31-9-11-33-21(25-27)35-19/h3-6H,7-14H2,1-2H3. The molecule has 2 amide bonds. The van der Waals surface area contributed by atoms with Crippen LogP contribution in [0, 0.1) is 0 Å². The van der Waals surface area contributed by atoms with Crippen molar-refractivity contribution in [1.29, 1.82) is 0 Å². The normalized spacial score (nSPS) is 16.9. The predicted molar refractivity (Wildman–Crippen MR) is 140 cm³/mol. The van der Waals surface area contributed by atoms with Crippen molar-refractivity contribution in [2.45, 2.75) is 35.6 Å². The van der Waals surface area contributed by atoms with Gasteiger partial charge in [0.1, 0.15) is 0 Å². The number of hydrogen-bond donors (Lipinski definition) is 0. The van der Waals surface area contributed by atoms with E-state index in [1.54, 1.807) is 32.9 Å². The fraction of sp³-hybridized carbons (Fsp3) is 0.455. The van der Waals surface area contributed by atoms with E-state index < -0.39 is 0 Å². The number of fused-ring (bicyclic) bond motifs is 11. The molecule has 6 bridgehead atoms. The maximum Gasteiger partial charge on any atom is 0.245 e. The van der Waals surface area contributed by atoms with E-state index >= 15 is 0 Å². The van der Waals surface area contributed by atoms with Crippen LogP contribution in [-0.4, -0.2) is 69.3 Å². The number of aromatic nitrogens is 4. The van der Waals surface area contributed by atoms with Crippen molar-refractivity contribution in [1.82, 2.24) is 19.6 Å². The molecule has 36 heavy (non-hydrogen) atoms. The number of carbonyl (C=O) groups is 2. The molecular weight excluding hydrogens is 541 g/mol. The first-order valence-corrected chi connectivity index (χ1v) is 14.8. The highest BCUT2D eigenvalue weighted by Gasteiger charge is 2.10. The van der Waals surface area contributed by atoms with Crippen LogP contribution in [0.25, 0.3) is 0 Å². The Morgan fingerprint density at radius 3 is 1.56 bits per heavy atom. The molecule has 0 radical (unpaired) electrons. The molecule has 2 aromatic heterocycles. The van der Waals surface area contributed by atoms with Crippen LogP contribution in [0.5, 0.6) is 0 Å². The van der Waals surface area contributed by atoms with Crippen LogP contribution in [0.4, 0.5) is 0 Å². The van der Waals surface area contributed by atoms with Crippen molar-refractivity contribution < 1.29 is 19.1 Å². The summed E-state index contributed by atoms with van der Waals surface area (Å²) < 4.78 is 16.5. The third-order valence-corrected chi connectivity index (χ3v) is 8.76. The van der Waals surface area contributed by atoms with Gasteiger partial charge in [0.2, 0.25) is 21.4 Å². The fourth-order valence-corrected chi connectivity index (χ4v) is 6.98. The Balaban J connectivity index is 1.60. The minimum Gasteiger partial charge on any atom is -0.378 e. The molecule has 0 saturated heterocycles. The summed E-state index contributed by atoms with van der Waals surface area (Å²) >= 11 is 5.96. The molecule has 10 nitrogen and oxygen atoms in total. The Bertz CT molecular complexity index is 1220. The van der Waals surface area contributed by atoms with E-state index in [1.807, 2.05) is 24.3 Å². The largest absolute Gasteiger partial charge is 0.378 e. The Labute approximate surface area is 224 Å². The maximum atomic E-state index is 11.7. The van der Waals surface area contributed by atoms with Gasteiger partial charge in [-0.1, -0.05) is 70.5 Å². The fourth-order valence-electron chi connectivity index (χ4n) is 3.13. The van der Waals surface area contributed by atoms with Gasteiger partial charge in [0.05, 0.1) is 39.5 Å². The van der Waals surface area contributed by atoms with Crippen molar-refractivity contribution >= 4 is 58.0 Å². The zero-order valence-electron chi connectivity index (χ0n) is 19.9. The van der Waals surface area contributed by atoms with Gasteiger partial charge in [-0.25, -0.2) is 9.36 Å². The monoisotopic (exact) mass is 566 g/mol. The highest BCUT2D eigenvalue weighted by atomic mass is 32.2. The molecular formula is C22H26N6O4S4. The number of ether oxygens (including phenoxy) is 2.